The van der Waals surface area contributed by atoms with Crippen LogP contribution in [0.4, 0.5) is 5.95 Å². The third kappa shape index (κ3) is 5.20. The molecule has 0 fully saturated rings. The lowest BCUT2D eigenvalue weighted by Crippen LogP contribution is -2.28. The van der Waals surface area contributed by atoms with E-state index in [4.69, 9.17) is 4.74 Å². The molecule has 5 heteroatoms. The van der Waals surface area contributed by atoms with Gasteiger partial charge >= 0.3 is 0 Å². The zero-order valence-electron chi connectivity index (χ0n) is 14.6. The number of ether oxygens (including phenoxy) is 1. The average Bonchev–Trinajstić information content (AvgIpc) is 2.51. The van der Waals surface area contributed by atoms with E-state index in [0.717, 1.165) is 23.8 Å². The second-order valence-corrected chi connectivity index (χ2v) is 6.10. The van der Waals surface area contributed by atoms with Gasteiger partial charge in [-0.05, 0) is 38.0 Å². The molecule has 0 aliphatic heterocycles. The van der Waals surface area contributed by atoms with E-state index in [0.29, 0.717) is 12.6 Å². The third-order valence-electron chi connectivity index (χ3n) is 3.55. The molecule has 1 aromatic heterocycles. The average molecular weight is 314 g/mol. The summed E-state index contributed by atoms with van der Waals surface area (Å²) in [6.07, 6.45) is 0.924. The van der Waals surface area contributed by atoms with E-state index in [2.05, 4.69) is 54.0 Å². The lowest BCUT2D eigenvalue weighted by molar-refractivity contribution is 0.293. The van der Waals surface area contributed by atoms with Crippen LogP contribution in [0.3, 0.4) is 0 Å². The van der Waals surface area contributed by atoms with Crippen molar-refractivity contribution in [2.45, 2.75) is 53.0 Å². The van der Waals surface area contributed by atoms with Gasteiger partial charge in [-0.1, -0.05) is 32.9 Å². The standard InChI is InChI=1S/C18H26N4O/c1-6-15(11-23-16-9-7-8-13(4)10-16)21-18-20-14(5)19-17(22-18)12(2)3/h7-10,12,15H,6,11H2,1-5H3,(H,19,20,21,22). The zero-order valence-corrected chi connectivity index (χ0v) is 14.6. The third-order valence-corrected chi connectivity index (χ3v) is 3.55. The predicted octanol–water partition coefficient (Wildman–Crippen LogP) is 3.88. The van der Waals surface area contributed by atoms with Crippen molar-refractivity contribution in [3.8, 4) is 5.75 Å². The molecule has 0 saturated heterocycles. The lowest BCUT2D eigenvalue weighted by Gasteiger charge is -2.18. The van der Waals surface area contributed by atoms with Crippen molar-refractivity contribution in [1.29, 1.82) is 0 Å². The van der Waals surface area contributed by atoms with Crippen LogP contribution < -0.4 is 10.1 Å². The number of aromatic nitrogens is 3. The number of aryl methyl sites for hydroxylation is 2. The van der Waals surface area contributed by atoms with E-state index in [1.165, 1.54) is 5.56 Å². The lowest BCUT2D eigenvalue weighted by atomic mass is 10.2. The molecule has 0 bridgehead atoms. The molecule has 5 nitrogen and oxygen atoms in total. The summed E-state index contributed by atoms with van der Waals surface area (Å²) in [5, 5.41) is 3.36. The first-order chi connectivity index (χ1) is 11.0. The molecule has 0 radical (unpaired) electrons. The Morgan fingerprint density at radius 1 is 1.13 bits per heavy atom. The summed E-state index contributed by atoms with van der Waals surface area (Å²) >= 11 is 0. The summed E-state index contributed by atoms with van der Waals surface area (Å²) < 4.78 is 5.89. The van der Waals surface area contributed by atoms with Crippen LogP contribution in [0, 0.1) is 13.8 Å². The Morgan fingerprint density at radius 2 is 1.91 bits per heavy atom. The molecule has 0 amide bonds. The first kappa shape index (κ1) is 17.2. The van der Waals surface area contributed by atoms with Crippen LogP contribution in [0.5, 0.6) is 5.75 Å². The van der Waals surface area contributed by atoms with E-state index in [9.17, 15) is 0 Å². The van der Waals surface area contributed by atoms with Gasteiger partial charge in [0.15, 0.2) is 0 Å². The van der Waals surface area contributed by atoms with Crippen molar-refractivity contribution in [1.82, 2.24) is 15.0 Å². The van der Waals surface area contributed by atoms with E-state index in [-0.39, 0.29) is 12.0 Å². The summed E-state index contributed by atoms with van der Waals surface area (Å²) in [6.45, 7) is 10.8. The van der Waals surface area contributed by atoms with Gasteiger partial charge < -0.3 is 10.1 Å². The monoisotopic (exact) mass is 314 g/mol. The number of nitrogens with zero attached hydrogens (tertiary/aromatic N) is 3. The highest BCUT2D eigenvalue weighted by Gasteiger charge is 2.12. The topological polar surface area (TPSA) is 59.9 Å². The molecule has 1 unspecified atom stereocenters. The maximum atomic E-state index is 5.89. The van der Waals surface area contributed by atoms with E-state index < -0.39 is 0 Å². The molecular formula is C18H26N4O. The fourth-order valence-electron chi connectivity index (χ4n) is 2.17. The fraction of sp³-hybridized carbons (Fsp3) is 0.500. The number of rotatable bonds is 7. The van der Waals surface area contributed by atoms with Gasteiger partial charge in [-0.15, -0.1) is 0 Å². The molecule has 2 aromatic rings. The van der Waals surface area contributed by atoms with Gasteiger partial charge in [0.25, 0.3) is 0 Å². The van der Waals surface area contributed by atoms with Crippen LogP contribution in [-0.4, -0.2) is 27.6 Å². The maximum Gasteiger partial charge on any atom is 0.226 e. The smallest absolute Gasteiger partial charge is 0.226 e. The first-order valence-corrected chi connectivity index (χ1v) is 8.16. The highest BCUT2D eigenvalue weighted by atomic mass is 16.5. The Balaban J connectivity index is 2.02. The highest BCUT2D eigenvalue weighted by Crippen LogP contribution is 2.15. The Kier molecular flexibility index (Phi) is 5.90. The predicted molar refractivity (Wildman–Crippen MR) is 93.0 cm³/mol. The van der Waals surface area contributed by atoms with Crippen molar-refractivity contribution in [2.24, 2.45) is 0 Å². The Hall–Kier alpha value is -2.17. The summed E-state index contributed by atoms with van der Waals surface area (Å²) in [6, 6.07) is 8.23. The fourth-order valence-corrected chi connectivity index (χ4v) is 2.17. The van der Waals surface area contributed by atoms with Gasteiger partial charge in [-0.3, -0.25) is 0 Å². The van der Waals surface area contributed by atoms with Gasteiger partial charge in [0, 0.05) is 5.92 Å². The maximum absolute atomic E-state index is 5.89. The minimum atomic E-state index is 0.150. The number of hydrogen-bond donors (Lipinski definition) is 1. The van der Waals surface area contributed by atoms with Crippen LogP contribution >= 0.6 is 0 Å². The van der Waals surface area contributed by atoms with Crippen molar-refractivity contribution >= 4 is 5.95 Å². The largest absolute Gasteiger partial charge is 0.491 e. The zero-order chi connectivity index (χ0) is 16.8. The number of hydrogen-bond acceptors (Lipinski definition) is 5. The van der Waals surface area contributed by atoms with Gasteiger partial charge in [0.1, 0.15) is 24.0 Å². The Labute approximate surface area is 138 Å². The molecule has 1 N–H and O–H groups in total. The summed E-state index contributed by atoms with van der Waals surface area (Å²) in [5.41, 5.74) is 1.19. The van der Waals surface area contributed by atoms with Crippen molar-refractivity contribution in [3.05, 3.63) is 41.5 Å². The number of nitrogens with one attached hydrogen (secondary N) is 1. The quantitative estimate of drug-likeness (QED) is 0.840. The van der Waals surface area contributed by atoms with Crippen LogP contribution in [0.15, 0.2) is 24.3 Å². The molecule has 0 saturated carbocycles. The van der Waals surface area contributed by atoms with Gasteiger partial charge in [-0.2, -0.15) is 9.97 Å². The number of benzene rings is 1. The van der Waals surface area contributed by atoms with Gasteiger partial charge in [-0.25, -0.2) is 4.98 Å². The SMILES string of the molecule is CCC(COc1cccc(C)c1)Nc1nc(C)nc(C(C)C)n1. The second kappa shape index (κ2) is 7.90. The molecular weight excluding hydrogens is 288 g/mol. The van der Waals surface area contributed by atoms with Crippen molar-refractivity contribution in [3.63, 3.8) is 0 Å². The molecule has 0 spiro atoms. The summed E-state index contributed by atoms with van der Waals surface area (Å²) in [4.78, 5) is 13.3. The van der Waals surface area contributed by atoms with Crippen LogP contribution in [0.2, 0.25) is 0 Å². The highest BCUT2D eigenvalue weighted by molar-refractivity contribution is 5.29. The molecule has 2 rings (SSSR count). The second-order valence-electron chi connectivity index (χ2n) is 6.10. The van der Waals surface area contributed by atoms with Crippen LogP contribution in [0.1, 0.15) is 50.3 Å². The summed E-state index contributed by atoms with van der Waals surface area (Å²) in [5.74, 6) is 3.34. The minimum absolute atomic E-state index is 0.150. The minimum Gasteiger partial charge on any atom is -0.491 e. The number of anilines is 1. The molecule has 1 aromatic carbocycles. The van der Waals surface area contributed by atoms with Crippen molar-refractivity contribution < 1.29 is 4.74 Å². The molecule has 23 heavy (non-hydrogen) atoms. The van der Waals surface area contributed by atoms with Crippen molar-refractivity contribution in [2.75, 3.05) is 11.9 Å². The molecule has 0 aliphatic carbocycles. The molecule has 1 heterocycles. The van der Waals surface area contributed by atoms with Gasteiger partial charge in [0.05, 0.1) is 6.04 Å². The first-order valence-electron chi connectivity index (χ1n) is 8.16. The van der Waals surface area contributed by atoms with Gasteiger partial charge in [0.2, 0.25) is 5.95 Å². The Morgan fingerprint density at radius 3 is 2.57 bits per heavy atom. The van der Waals surface area contributed by atoms with Crippen LogP contribution in [-0.2, 0) is 0 Å². The summed E-state index contributed by atoms with van der Waals surface area (Å²) in [7, 11) is 0. The van der Waals surface area contributed by atoms with E-state index in [1.54, 1.807) is 0 Å². The van der Waals surface area contributed by atoms with E-state index >= 15 is 0 Å². The normalized spacial score (nSPS) is 12.3. The molecule has 124 valence electrons. The molecule has 1 atom stereocenters. The molecule has 0 aliphatic rings. The van der Waals surface area contributed by atoms with E-state index in [1.807, 2.05) is 25.1 Å². The van der Waals surface area contributed by atoms with Crippen LogP contribution in [0.25, 0.3) is 0 Å². The Bertz CT molecular complexity index is 643.